The van der Waals surface area contributed by atoms with Gasteiger partial charge in [0.2, 0.25) is 0 Å². The van der Waals surface area contributed by atoms with Crippen molar-refractivity contribution in [2.24, 2.45) is 0 Å². The number of non-ortho nitro benzene ring substituents is 1. The molecule has 0 aliphatic carbocycles. The molecule has 22 heavy (non-hydrogen) atoms. The number of fused-ring (bicyclic) bond motifs is 1. The number of aromatic nitrogens is 2. The lowest BCUT2D eigenvalue weighted by atomic mass is 10.2. The van der Waals surface area contributed by atoms with E-state index in [1.165, 1.54) is 16.7 Å². The van der Waals surface area contributed by atoms with Gasteiger partial charge < -0.3 is 0 Å². The topological polar surface area (TPSA) is 78.0 Å². The number of aryl methyl sites for hydroxylation is 1. The van der Waals surface area contributed by atoms with Crippen molar-refractivity contribution in [1.29, 1.82) is 0 Å². The van der Waals surface area contributed by atoms with Crippen LogP contribution in [0.25, 0.3) is 16.6 Å². The summed E-state index contributed by atoms with van der Waals surface area (Å²) in [5, 5.41) is 11.3. The fraction of sp³-hybridized carbons (Fsp3) is 0.125. The molecule has 0 spiro atoms. The van der Waals surface area contributed by atoms with E-state index in [0.29, 0.717) is 28.8 Å². The van der Waals surface area contributed by atoms with Crippen LogP contribution in [0, 0.1) is 10.1 Å². The number of benzene rings is 2. The van der Waals surface area contributed by atoms with Crippen LogP contribution in [0.3, 0.4) is 0 Å². The molecule has 0 N–H and O–H groups in total. The lowest BCUT2D eigenvalue weighted by Gasteiger charge is -2.12. The highest BCUT2D eigenvalue weighted by Gasteiger charge is 2.12. The summed E-state index contributed by atoms with van der Waals surface area (Å²) in [5.74, 6) is 0.623. The number of hydrogen-bond donors (Lipinski definition) is 0. The second kappa shape index (κ2) is 5.40. The molecule has 3 rings (SSSR count). The van der Waals surface area contributed by atoms with E-state index < -0.39 is 4.92 Å². The Kier molecular flexibility index (Phi) is 3.42. The molecule has 0 atom stereocenters. The predicted octanol–water partition coefficient (Wildman–Crippen LogP) is 2.86. The molecule has 0 aliphatic heterocycles. The number of nitrogens with zero attached hydrogens (tertiary/aromatic N) is 3. The summed E-state index contributed by atoms with van der Waals surface area (Å²) in [4.78, 5) is 27.5. The third-order valence-electron chi connectivity index (χ3n) is 3.48. The van der Waals surface area contributed by atoms with E-state index in [2.05, 4.69) is 4.98 Å². The molecule has 6 nitrogen and oxygen atoms in total. The van der Waals surface area contributed by atoms with Crippen molar-refractivity contribution in [3.63, 3.8) is 0 Å². The first kappa shape index (κ1) is 13.9. The van der Waals surface area contributed by atoms with E-state index in [4.69, 9.17) is 0 Å². The Hall–Kier alpha value is -3.02. The number of nitro benzene ring substituents is 1. The molecular formula is C16H13N3O3. The first-order valence-electron chi connectivity index (χ1n) is 6.87. The van der Waals surface area contributed by atoms with Crippen LogP contribution in [0.2, 0.25) is 0 Å². The average Bonchev–Trinajstić information content (AvgIpc) is 2.55. The van der Waals surface area contributed by atoms with Gasteiger partial charge >= 0.3 is 0 Å². The van der Waals surface area contributed by atoms with Gasteiger partial charge in [-0.15, -0.1) is 0 Å². The smallest absolute Gasteiger partial charge is 0.268 e. The Morgan fingerprint density at radius 2 is 1.82 bits per heavy atom. The quantitative estimate of drug-likeness (QED) is 0.550. The third-order valence-corrected chi connectivity index (χ3v) is 3.48. The van der Waals surface area contributed by atoms with Crippen LogP contribution in [-0.4, -0.2) is 14.5 Å². The van der Waals surface area contributed by atoms with Crippen molar-refractivity contribution in [2.45, 2.75) is 13.3 Å². The molecule has 1 aromatic heterocycles. The first-order valence-corrected chi connectivity index (χ1v) is 6.87. The Morgan fingerprint density at radius 1 is 1.14 bits per heavy atom. The van der Waals surface area contributed by atoms with Crippen molar-refractivity contribution < 1.29 is 4.92 Å². The van der Waals surface area contributed by atoms with Gasteiger partial charge in [0.15, 0.2) is 0 Å². The van der Waals surface area contributed by atoms with Gasteiger partial charge in [-0.25, -0.2) is 4.98 Å². The SMILES string of the molecule is CCc1nc2ccccc2c(=O)n1-c1ccc([N+](=O)[O-])cc1. The summed E-state index contributed by atoms with van der Waals surface area (Å²) in [7, 11) is 0. The zero-order chi connectivity index (χ0) is 15.7. The number of rotatable bonds is 3. The molecule has 110 valence electrons. The van der Waals surface area contributed by atoms with Gasteiger partial charge in [-0.1, -0.05) is 19.1 Å². The lowest BCUT2D eigenvalue weighted by Crippen LogP contribution is -2.23. The summed E-state index contributed by atoms with van der Waals surface area (Å²) in [6, 6.07) is 13.1. The minimum absolute atomic E-state index is 0.0106. The van der Waals surface area contributed by atoms with E-state index in [9.17, 15) is 14.9 Å². The van der Waals surface area contributed by atoms with Gasteiger partial charge in [0.05, 0.1) is 21.5 Å². The zero-order valence-corrected chi connectivity index (χ0v) is 11.9. The second-order valence-electron chi connectivity index (χ2n) is 4.81. The van der Waals surface area contributed by atoms with E-state index in [0.717, 1.165) is 0 Å². The van der Waals surface area contributed by atoms with Crippen molar-refractivity contribution in [1.82, 2.24) is 9.55 Å². The van der Waals surface area contributed by atoms with Crippen LogP contribution in [-0.2, 0) is 6.42 Å². The summed E-state index contributed by atoms with van der Waals surface area (Å²) in [6.45, 7) is 1.92. The van der Waals surface area contributed by atoms with Gasteiger partial charge in [0, 0.05) is 18.6 Å². The van der Waals surface area contributed by atoms with Gasteiger partial charge in [0.25, 0.3) is 11.2 Å². The van der Waals surface area contributed by atoms with E-state index >= 15 is 0 Å². The molecular weight excluding hydrogens is 282 g/mol. The summed E-state index contributed by atoms with van der Waals surface area (Å²) >= 11 is 0. The molecule has 0 saturated carbocycles. The van der Waals surface area contributed by atoms with Gasteiger partial charge in [-0.2, -0.15) is 0 Å². The molecule has 2 aromatic carbocycles. The summed E-state index contributed by atoms with van der Waals surface area (Å²) < 4.78 is 1.51. The highest BCUT2D eigenvalue weighted by atomic mass is 16.6. The normalized spacial score (nSPS) is 10.8. The van der Waals surface area contributed by atoms with Crippen molar-refractivity contribution in [3.8, 4) is 5.69 Å². The fourth-order valence-electron chi connectivity index (χ4n) is 2.41. The van der Waals surface area contributed by atoms with Gasteiger partial charge in [0.1, 0.15) is 5.82 Å². The average molecular weight is 295 g/mol. The summed E-state index contributed by atoms with van der Waals surface area (Å²) in [5.41, 5.74) is 1.05. The molecule has 0 fully saturated rings. The van der Waals surface area contributed by atoms with E-state index in [1.807, 2.05) is 13.0 Å². The monoisotopic (exact) mass is 295 g/mol. The summed E-state index contributed by atoms with van der Waals surface area (Å²) in [6.07, 6.45) is 0.580. The maximum Gasteiger partial charge on any atom is 0.269 e. The van der Waals surface area contributed by atoms with Crippen molar-refractivity contribution in [3.05, 3.63) is 74.8 Å². The van der Waals surface area contributed by atoms with Crippen LogP contribution < -0.4 is 5.56 Å². The molecule has 0 radical (unpaired) electrons. The number of para-hydroxylation sites is 1. The Balaban J connectivity index is 2.27. The molecule has 3 aromatic rings. The first-order chi connectivity index (χ1) is 10.6. The number of nitro groups is 1. The molecule has 0 bridgehead atoms. The third kappa shape index (κ3) is 2.24. The Bertz CT molecular complexity index is 914. The van der Waals surface area contributed by atoms with Crippen LogP contribution >= 0.6 is 0 Å². The standard InChI is InChI=1S/C16H13N3O3/c1-2-15-17-14-6-4-3-5-13(14)16(20)18(15)11-7-9-12(10-8-11)19(21)22/h3-10H,2H2,1H3. The van der Waals surface area contributed by atoms with Crippen LogP contribution in [0.5, 0.6) is 0 Å². The molecule has 0 saturated heterocycles. The minimum Gasteiger partial charge on any atom is -0.268 e. The van der Waals surface area contributed by atoms with E-state index in [1.54, 1.807) is 30.3 Å². The van der Waals surface area contributed by atoms with Gasteiger partial charge in [-0.05, 0) is 24.3 Å². The van der Waals surface area contributed by atoms with E-state index in [-0.39, 0.29) is 11.2 Å². The predicted molar refractivity (Wildman–Crippen MR) is 83.4 cm³/mol. The van der Waals surface area contributed by atoms with Crippen LogP contribution in [0.15, 0.2) is 53.3 Å². The van der Waals surface area contributed by atoms with Crippen molar-refractivity contribution >= 4 is 16.6 Å². The lowest BCUT2D eigenvalue weighted by molar-refractivity contribution is -0.384. The highest BCUT2D eigenvalue weighted by Crippen LogP contribution is 2.17. The number of hydrogen-bond acceptors (Lipinski definition) is 4. The van der Waals surface area contributed by atoms with Gasteiger partial charge in [-0.3, -0.25) is 19.5 Å². The Labute approximate surface area is 125 Å². The molecule has 0 unspecified atom stereocenters. The zero-order valence-electron chi connectivity index (χ0n) is 11.9. The molecule has 1 heterocycles. The fourth-order valence-corrected chi connectivity index (χ4v) is 2.41. The molecule has 6 heteroatoms. The molecule has 0 aliphatic rings. The second-order valence-corrected chi connectivity index (χ2v) is 4.81. The van der Waals surface area contributed by atoms with Crippen molar-refractivity contribution in [2.75, 3.05) is 0 Å². The van der Waals surface area contributed by atoms with Crippen LogP contribution in [0.1, 0.15) is 12.7 Å². The largest absolute Gasteiger partial charge is 0.269 e. The highest BCUT2D eigenvalue weighted by molar-refractivity contribution is 5.77. The maximum absolute atomic E-state index is 12.7. The molecule has 0 amide bonds. The maximum atomic E-state index is 12.7. The van der Waals surface area contributed by atoms with Crippen LogP contribution in [0.4, 0.5) is 5.69 Å². The minimum atomic E-state index is -0.466. The Morgan fingerprint density at radius 3 is 2.45 bits per heavy atom.